The van der Waals surface area contributed by atoms with Crippen LogP contribution < -0.4 is 0 Å². The fourth-order valence-corrected chi connectivity index (χ4v) is 0.762. The van der Waals surface area contributed by atoms with Gasteiger partial charge in [0.15, 0.2) is 0 Å². The highest BCUT2D eigenvalue weighted by Crippen LogP contribution is 1.97. The average Bonchev–Trinajstić information content (AvgIpc) is 2.17. The summed E-state index contributed by atoms with van der Waals surface area (Å²) in [5.74, 6) is 0. The van der Waals surface area contributed by atoms with E-state index in [1.54, 1.807) is 0 Å². The molecule has 0 aromatic carbocycles. The molecule has 5 heteroatoms. The van der Waals surface area contributed by atoms with Gasteiger partial charge in [-0.1, -0.05) is 0 Å². The highest BCUT2D eigenvalue weighted by Gasteiger charge is 1.93. The average molecular weight is 194 g/mol. The van der Waals surface area contributed by atoms with E-state index in [0.717, 1.165) is 0 Å². The van der Waals surface area contributed by atoms with Crippen LogP contribution in [0.3, 0.4) is 0 Å². The molecule has 3 nitrogen and oxygen atoms in total. The third kappa shape index (κ3) is 1.74. The summed E-state index contributed by atoms with van der Waals surface area (Å²) in [5, 5.41) is 3.78. The molecule has 0 aliphatic carbocycles. The molecule has 0 saturated heterocycles. The SMILES string of the molecule is FCCn1cnc(Br)n1. The molecule has 50 valence electrons. The predicted octanol–water partition coefficient (Wildman–Crippen LogP) is 1.01. The van der Waals surface area contributed by atoms with E-state index in [1.807, 2.05) is 0 Å². The van der Waals surface area contributed by atoms with Crippen LogP contribution in [0.2, 0.25) is 0 Å². The summed E-state index contributed by atoms with van der Waals surface area (Å²) >= 11 is 3.04. The Kier molecular flexibility index (Phi) is 2.16. The second-order valence-corrected chi connectivity index (χ2v) is 2.17. The third-order valence-corrected chi connectivity index (χ3v) is 1.19. The van der Waals surface area contributed by atoms with Crippen LogP contribution in [-0.4, -0.2) is 21.4 Å². The Morgan fingerprint density at radius 2 is 2.56 bits per heavy atom. The Bertz CT molecular complexity index is 188. The minimum absolute atomic E-state index is 0.276. The van der Waals surface area contributed by atoms with Crippen molar-refractivity contribution in [3.8, 4) is 0 Å². The third-order valence-electron chi connectivity index (χ3n) is 0.822. The first-order chi connectivity index (χ1) is 4.33. The molecular formula is C4H5BrFN3. The molecule has 0 bridgehead atoms. The summed E-state index contributed by atoms with van der Waals surface area (Å²) in [6, 6.07) is 0. The Balaban J connectivity index is 2.61. The van der Waals surface area contributed by atoms with Gasteiger partial charge in [-0.25, -0.2) is 14.1 Å². The summed E-state index contributed by atoms with van der Waals surface area (Å²) in [4.78, 5) is 3.74. The van der Waals surface area contributed by atoms with Crippen molar-refractivity contribution in [1.29, 1.82) is 0 Å². The second-order valence-electron chi connectivity index (χ2n) is 1.47. The Morgan fingerprint density at radius 1 is 1.78 bits per heavy atom. The van der Waals surface area contributed by atoms with Gasteiger partial charge in [0.1, 0.15) is 13.0 Å². The van der Waals surface area contributed by atoms with Crippen LogP contribution in [-0.2, 0) is 6.54 Å². The molecule has 0 amide bonds. The van der Waals surface area contributed by atoms with Crippen molar-refractivity contribution in [2.24, 2.45) is 0 Å². The van der Waals surface area contributed by atoms with E-state index in [0.29, 0.717) is 4.73 Å². The van der Waals surface area contributed by atoms with Crippen LogP contribution in [0.15, 0.2) is 11.1 Å². The maximum Gasteiger partial charge on any atom is 0.217 e. The minimum atomic E-state index is -0.407. The predicted molar refractivity (Wildman–Crippen MR) is 33.7 cm³/mol. The molecule has 0 fully saturated rings. The van der Waals surface area contributed by atoms with Gasteiger partial charge in [0.2, 0.25) is 4.73 Å². The molecule has 0 N–H and O–H groups in total. The maximum absolute atomic E-state index is 11.6. The van der Waals surface area contributed by atoms with Crippen molar-refractivity contribution >= 4 is 15.9 Å². The van der Waals surface area contributed by atoms with Crippen LogP contribution in [0.25, 0.3) is 0 Å². The molecule has 0 radical (unpaired) electrons. The number of hydrogen-bond donors (Lipinski definition) is 0. The van der Waals surface area contributed by atoms with E-state index < -0.39 is 6.67 Å². The van der Waals surface area contributed by atoms with Crippen LogP contribution in [0.5, 0.6) is 0 Å². The largest absolute Gasteiger partial charge is 0.249 e. The molecule has 1 heterocycles. The van der Waals surface area contributed by atoms with Gasteiger partial charge < -0.3 is 0 Å². The molecule has 9 heavy (non-hydrogen) atoms. The van der Waals surface area contributed by atoms with E-state index in [4.69, 9.17) is 0 Å². The van der Waals surface area contributed by atoms with Crippen LogP contribution in [0.4, 0.5) is 4.39 Å². The first kappa shape index (κ1) is 6.67. The van der Waals surface area contributed by atoms with Crippen LogP contribution in [0.1, 0.15) is 0 Å². The molecular weight excluding hydrogens is 189 g/mol. The maximum atomic E-state index is 11.6. The first-order valence-electron chi connectivity index (χ1n) is 2.44. The molecule has 1 rings (SSSR count). The van der Waals surface area contributed by atoms with E-state index in [9.17, 15) is 4.39 Å². The first-order valence-corrected chi connectivity index (χ1v) is 3.23. The molecule has 1 aromatic heterocycles. The Morgan fingerprint density at radius 3 is 3.00 bits per heavy atom. The standard InChI is InChI=1S/C4H5BrFN3/c5-4-7-3-9(8-4)2-1-6/h3H,1-2H2. The normalized spacial score (nSPS) is 10.0. The van der Waals surface area contributed by atoms with Crippen molar-refractivity contribution in [2.75, 3.05) is 6.67 Å². The number of alkyl halides is 1. The molecule has 1 aromatic rings. The molecule has 0 spiro atoms. The zero-order valence-electron chi connectivity index (χ0n) is 4.59. The highest BCUT2D eigenvalue weighted by molar-refractivity contribution is 9.10. The molecule has 0 atom stereocenters. The molecule has 0 saturated carbocycles. The number of hydrogen-bond acceptors (Lipinski definition) is 2. The van der Waals surface area contributed by atoms with Gasteiger partial charge in [-0.2, -0.15) is 0 Å². The zero-order valence-corrected chi connectivity index (χ0v) is 6.18. The van der Waals surface area contributed by atoms with E-state index in [2.05, 4.69) is 26.0 Å². The lowest BCUT2D eigenvalue weighted by Crippen LogP contribution is -1.99. The minimum Gasteiger partial charge on any atom is -0.249 e. The summed E-state index contributed by atoms with van der Waals surface area (Å²) in [5.41, 5.74) is 0. The number of halogens is 2. The number of aryl methyl sites for hydroxylation is 1. The fraction of sp³-hybridized carbons (Fsp3) is 0.500. The Hall–Kier alpha value is -0.450. The van der Waals surface area contributed by atoms with Gasteiger partial charge in [0, 0.05) is 0 Å². The lowest BCUT2D eigenvalue weighted by molar-refractivity contribution is 0.426. The fourth-order valence-electron chi connectivity index (χ4n) is 0.466. The van der Waals surface area contributed by atoms with Crippen molar-refractivity contribution in [3.63, 3.8) is 0 Å². The van der Waals surface area contributed by atoms with Gasteiger partial charge in [0.25, 0.3) is 0 Å². The summed E-state index contributed by atoms with van der Waals surface area (Å²) in [7, 11) is 0. The number of aromatic nitrogens is 3. The lowest BCUT2D eigenvalue weighted by atomic mass is 10.7. The van der Waals surface area contributed by atoms with Crippen LogP contribution in [0, 0.1) is 0 Å². The monoisotopic (exact) mass is 193 g/mol. The van der Waals surface area contributed by atoms with Crippen molar-refractivity contribution in [3.05, 3.63) is 11.1 Å². The van der Waals surface area contributed by atoms with Crippen LogP contribution >= 0.6 is 15.9 Å². The van der Waals surface area contributed by atoms with E-state index in [-0.39, 0.29) is 6.54 Å². The number of rotatable bonds is 2. The van der Waals surface area contributed by atoms with Gasteiger partial charge in [-0.15, -0.1) is 5.10 Å². The number of nitrogens with zero attached hydrogens (tertiary/aromatic N) is 3. The molecule has 0 aliphatic heterocycles. The van der Waals surface area contributed by atoms with Crippen molar-refractivity contribution in [1.82, 2.24) is 14.8 Å². The highest BCUT2D eigenvalue weighted by atomic mass is 79.9. The van der Waals surface area contributed by atoms with Gasteiger partial charge in [-0.3, -0.25) is 0 Å². The quantitative estimate of drug-likeness (QED) is 0.703. The van der Waals surface area contributed by atoms with Gasteiger partial charge in [-0.05, 0) is 15.9 Å². The van der Waals surface area contributed by atoms with Crippen molar-refractivity contribution < 1.29 is 4.39 Å². The smallest absolute Gasteiger partial charge is 0.217 e. The Labute approximate surface area is 60.0 Å². The van der Waals surface area contributed by atoms with E-state index in [1.165, 1.54) is 11.0 Å². The summed E-state index contributed by atoms with van der Waals surface area (Å²) < 4.78 is 13.5. The van der Waals surface area contributed by atoms with Crippen molar-refractivity contribution in [2.45, 2.75) is 6.54 Å². The summed E-state index contributed by atoms with van der Waals surface area (Å²) in [6.07, 6.45) is 1.48. The summed E-state index contributed by atoms with van der Waals surface area (Å²) in [6.45, 7) is -0.131. The van der Waals surface area contributed by atoms with Gasteiger partial charge >= 0.3 is 0 Å². The molecule has 0 aliphatic rings. The zero-order chi connectivity index (χ0) is 6.69. The topological polar surface area (TPSA) is 30.7 Å². The van der Waals surface area contributed by atoms with E-state index >= 15 is 0 Å². The second kappa shape index (κ2) is 2.91. The lowest BCUT2D eigenvalue weighted by Gasteiger charge is -1.89. The van der Waals surface area contributed by atoms with Gasteiger partial charge in [0.05, 0.1) is 6.54 Å². The molecule has 0 unspecified atom stereocenters.